The predicted octanol–water partition coefficient (Wildman–Crippen LogP) is 6.78. The molecule has 0 saturated carbocycles. The number of benzene rings is 2. The maximum absolute atomic E-state index is 13.6. The highest BCUT2D eigenvalue weighted by Crippen LogP contribution is 2.38. The van der Waals surface area contributed by atoms with Gasteiger partial charge in [-0.05, 0) is 47.9 Å². The zero-order valence-electron chi connectivity index (χ0n) is 16.1. The lowest BCUT2D eigenvalue weighted by Gasteiger charge is -2.23. The summed E-state index contributed by atoms with van der Waals surface area (Å²) in [7, 11) is 1.55. The summed E-state index contributed by atoms with van der Waals surface area (Å²) in [6.45, 7) is 4.11. The second kappa shape index (κ2) is 8.29. The first-order valence-electron chi connectivity index (χ1n) is 8.95. The highest BCUT2D eigenvalue weighted by Gasteiger charge is 2.36. The molecule has 0 aliphatic heterocycles. The molecule has 8 heteroatoms. The summed E-state index contributed by atoms with van der Waals surface area (Å²) in [6.07, 6.45) is -3.79. The molecule has 1 aromatic heterocycles. The maximum atomic E-state index is 13.6. The molecule has 0 atom stereocenters. The van der Waals surface area contributed by atoms with E-state index in [1.54, 1.807) is 43.4 Å². The number of alkyl halides is 3. The van der Waals surface area contributed by atoms with Crippen molar-refractivity contribution in [2.75, 3.05) is 17.3 Å². The average molecular weight is 421 g/mol. The number of halogens is 4. The summed E-state index contributed by atoms with van der Waals surface area (Å²) in [6, 6.07) is 14.1. The second-order valence-electron chi connectivity index (χ2n) is 6.87. The predicted molar refractivity (Wildman–Crippen MR) is 110 cm³/mol. The molecule has 0 aliphatic carbocycles. The van der Waals surface area contributed by atoms with Crippen LogP contribution in [0.15, 0.2) is 54.7 Å². The van der Waals surface area contributed by atoms with Gasteiger partial charge in [0.15, 0.2) is 5.82 Å². The molecular weight excluding hydrogens is 401 g/mol. The maximum Gasteiger partial charge on any atom is 0.421 e. The van der Waals surface area contributed by atoms with Crippen molar-refractivity contribution in [3.8, 4) is 0 Å². The molecule has 0 saturated heterocycles. The van der Waals surface area contributed by atoms with E-state index in [1.165, 1.54) is 4.90 Å². The quantitative estimate of drug-likeness (QED) is 0.493. The summed E-state index contributed by atoms with van der Waals surface area (Å²) >= 11 is 5.86. The normalized spacial score (nSPS) is 11.6. The number of aromatic nitrogens is 2. The third kappa shape index (κ3) is 4.98. The van der Waals surface area contributed by atoms with Gasteiger partial charge in [-0.3, -0.25) is 0 Å². The summed E-state index contributed by atoms with van der Waals surface area (Å²) in [5, 5.41) is 3.46. The Hall–Kier alpha value is -2.80. The van der Waals surface area contributed by atoms with E-state index in [-0.39, 0.29) is 11.8 Å². The van der Waals surface area contributed by atoms with Gasteiger partial charge in [0, 0.05) is 29.6 Å². The van der Waals surface area contributed by atoms with Gasteiger partial charge in [-0.2, -0.15) is 18.2 Å². The van der Waals surface area contributed by atoms with Gasteiger partial charge >= 0.3 is 6.18 Å². The first-order valence-corrected chi connectivity index (χ1v) is 9.33. The Morgan fingerprint density at radius 3 is 2.17 bits per heavy atom. The number of anilines is 4. The van der Waals surface area contributed by atoms with Crippen molar-refractivity contribution in [2.24, 2.45) is 0 Å². The minimum absolute atomic E-state index is 0.0565. The van der Waals surface area contributed by atoms with Crippen LogP contribution >= 0.6 is 11.6 Å². The molecular formula is C21H20ClF3N4. The van der Waals surface area contributed by atoms with Gasteiger partial charge in [-0.15, -0.1) is 0 Å². The molecule has 0 aliphatic rings. The average Bonchev–Trinajstić information content (AvgIpc) is 2.68. The van der Waals surface area contributed by atoms with E-state index in [1.807, 2.05) is 12.1 Å². The SMILES string of the molecule is CC(C)c1ccc(N(C)c2nc(Nc3ccc(Cl)cc3)ncc2C(F)(F)F)cc1. The molecule has 29 heavy (non-hydrogen) atoms. The molecule has 2 aromatic carbocycles. The number of nitrogens with zero attached hydrogens (tertiary/aromatic N) is 3. The lowest BCUT2D eigenvalue weighted by atomic mass is 10.0. The minimum atomic E-state index is -4.58. The molecule has 3 rings (SSSR count). The third-order valence-electron chi connectivity index (χ3n) is 4.44. The number of nitrogens with one attached hydrogen (secondary N) is 1. The smallest absolute Gasteiger partial charge is 0.329 e. The van der Waals surface area contributed by atoms with Crippen LogP contribution in [-0.4, -0.2) is 17.0 Å². The molecule has 0 radical (unpaired) electrons. The van der Waals surface area contributed by atoms with E-state index >= 15 is 0 Å². The Morgan fingerprint density at radius 1 is 1.00 bits per heavy atom. The fraction of sp³-hybridized carbons (Fsp3) is 0.238. The van der Waals surface area contributed by atoms with Gasteiger partial charge in [0.2, 0.25) is 5.95 Å². The molecule has 1 N–H and O–H groups in total. The van der Waals surface area contributed by atoms with Gasteiger partial charge in [0.1, 0.15) is 5.56 Å². The van der Waals surface area contributed by atoms with Crippen LogP contribution in [0.2, 0.25) is 5.02 Å². The van der Waals surface area contributed by atoms with Crippen molar-refractivity contribution in [3.05, 3.63) is 70.9 Å². The Kier molecular flexibility index (Phi) is 5.98. The Balaban J connectivity index is 1.98. The largest absolute Gasteiger partial charge is 0.421 e. The van der Waals surface area contributed by atoms with E-state index in [2.05, 4.69) is 29.1 Å². The summed E-state index contributed by atoms with van der Waals surface area (Å²) in [4.78, 5) is 9.38. The van der Waals surface area contributed by atoms with E-state index < -0.39 is 11.7 Å². The monoisotopic (exact) mass is 420 g/mol. The van der Waals surface area contributed by atoms with Gasteiger partial charge < -0.3 is 10.2 Å². The van der Waals surface area contributed by atoms with Crippen molar-refractivity contribution in [2.45, 2.75) is 25.9 Å². The van der Waals surface area contributed by atoms with Gasteiger partial charge in [-0.1, -0.05) is 37.6 Å². The van der Waals surface area contributed by atoms with Crippen molar-refractivity contribution < 1.29 is 13.2 Å². The number of hydrogen-bond acceptors (Lipinski definition) is 4. The lowest BCUT2D eigenvalue weighted by molar-refractivity contribution is -0.137. The first-order chi connectivity index (χ1) is 13.6. The molecule has 3 aromatic rings. The summed E-state index contributed by atoms with van der Waals surface area (Å²) < 4.78 is 40.7. The van der Waals surface area contributed by atoms with Crippen LogP contribution in [-0.2, 0) is 6.18 Å². The van der Waals surface area contributed by atoms with Crippen molar-refractivity contribution >= 4 is 34.7 Å². The first kappa shape index (κ1) is 20.9. The van der Waals surface area contributed by atoms with Crippen molar-refractivity contribution in [1.29, 1.82) is 0 Å². The molecule has 152 valence electrons. The molecule has 0 bridgehead atoms. The van der Waals surface area contributed by atoms with E-state index in [9.17, 15) is 13.2 Å². The van der Waals surface area contributed by atoms with Gasteiger partial charge in [0.05, 0.1) is 0 Å². The van der Waals surface area contributed by atoms with Crippen LogP contribution in [0, 0.1) is 0 Å². The topological polar surface area (TPSA) is 41.1 Å². The molecule has 0 unspecified atom stereocenters. The van der Waals surface area contributed by atoms with Crippen molar-refractivity contribution in [3.63, 3.8) is 0 Å². The van der Waals surface area contributed by atoms with Gasteiger partial charge in [-0.25, -0.2) is 4.98 Å². The van der Waals surface area contributed by atoms with Crippen LogP contribution in [0.5, 0.6) is 0 Å². The van der Waals surface area contributed by atoms with E-state index in [4.69, 9.17) is 11.6 Å². The number of hydrogen-bond donors (Lipinski definition) is 1. The Labute approximate surface area is 172 Å². The van der Waals surface area contributed by atoms with Crippen LogP contribution in [0.25, 0.3) is 0 Å². The van der Waals surface area contributed by atoms with Crippen LogP contribution in [0.3, 0.4) is 0 Å². The Morgan fingerprint density at radius 2 is 1.62 bits per heavy atom. The molecule has 0 fully saturated rings. The van der Waals surface area contributed by atoms with E-state index in [0.717, 1.165) is 11.8 Å². The Bertz CT molecular complexity index is 971. The lowest BCUT2D eigenvalue weighted by Crippen LogP contribution is -2.19. The van der Waals surface area contributed by atoms with E-state index in [0.29, 0.717) is 22.3 Å². The molecule has 1 heterocycles. The van der Waals surface area contributed by atoms with Crippen molar-refractivity contribution in [1.82, 2.24) is 9.97 Å². The standard InChI is InChI=1S/C21H20ClF3N4/c1-13(2)14-4-10-17(11-5-14)29(3)19-18(21(23,24)25)12-26-20(28-19)27-16-8-6-15(22)7-9-16/h4-13H,1-3H3,(H,26,27,28). The van der Waals surface area contributed by atoms with Crippen LogP contribution in [0.4, 0.5) is 36.3 Å². The number of rotatable bonds is 5. The van der Waals surface area contributed by atoms with Crippen LogP contribution < -0.4 is 10.2 Å². The molecule has 4 nitrogen and oxygen atoms in total. The zero-order chi connectivity index (χ0) is 21.2. The highest BCUT2D eigenvalue weighted by molar-refractivity contribution is 6.30. The highest BCUT2D eigenvalue weighted by atomic mass is 35.5. The zero-order valence-corrected chi connectivity index (χ0v) is 16.9. The molecule has 0 amide bonds. The third-order valence-corrected chi connectivity index (χ3v) is 4.69. The fourth-order valence-corrected chi connectivity index (χ4v) is 2.88. The second-order valence-corrected chi connectivity index (χ2v) is 7.30. The summed E-state index contributed by atoms with van der Waals surface area (Å²) in [5.41, 5.74) is 1.40. The fourth-order valence-electron chi connectivity index (χ4n) is 2.76. The van der Waals surface area contributed by atoms with Gasteiger partial charge in [0.25, 0.3) is 0 Å². The molecule has 0 spiro atoms. The minimum Gasteiger partial charge on any atom is -0.329 e. The van der Waals surface area contributed by atoms with Crippen LogP contribution in [0.1, 0.15) is 30.9 Å². The summed E-state index contributed by atoms with van der Waals surface area (Å²) in [5.74, 6) is 0.150.